The lowest BCUT2D eigenvalue weighted by Crippen LogP contribution is -2.41. The summed E-state index contributed by atoms with van der Waals surface area (Å²) in [6.07, 6.45) is 3.57. The summed E-state index contributed by atoms with van der Waals surface area (Å²) >= 11 is 0. The van der Waals surface area contributed by atoms with E-state index >= 15 is 0 Å². The summed E-state index contributed by atoms with van der Waals surface area (Å²) < 4.78 is 5.61. The first-order valence-electron chi connectivity index (χ1n) is 7.66. The van der Waals surface area contributed by atoms with Crippen LogP contribution in [0.4, 0.5) is 0 Å². The van der Waals surface area contributed by atoms with Crippen molar-refractivity contribution in [3.63, 3.8) is 0 Å². The minimum atomic E-state index is -0.0582. The van der Waals surface area contributed by atoms with Gasteiger partial charge in [-0.15, -0.1) is 5.10 Å². The van der Waals surface area contributed by atoms with Gasteiger partial charge in [0.25, 0.3) is 5.91 Å². The zero-order chi connectivity index (χ0) is 15.4. The third kappa shape index (κ3) is 3.17. The summed E-state index contributed by atoms with van der Waals surface area (Å²) in [5.41, 5.74) is 1.23. The van der Waals surface area contributed by atoms with Gasteiger partial charge in [-0.3, -0.25) is 4.79 Å². The maximum atomic E-state index is 12.5. The maximum Gasteiger partial charge on any atom is 0.276 e. The SMILES string of the molecule is CCOC1CCN(C(=O)c2cnn(-c3ccccc3)n2)CC1. The predicted octanol–water partition coefficient (Wildman–Crippen LogP) is 1.91. The minimum Gasteiger partial charge on any atom is -0.378 e. The van der Waals surface area contributed by atoms with Crippen LogP contribution >= 0.6 is 0 Å². The van der Waals surface area contributed by atoms with Gasteiger partial charge >= 0.3 is 0 Å². The zero-order valence-corrected chi connectivity index (χ0v) is 12.7. The molecule has 3 rings (SSSR count). The Kier molecular flexibility index (Phi) is 4.48. The Morgan fingerprint density at radius 3 is 2.68 bits per heavy atom. The van der Waals surface area contributed by atoms with E-state index in [9.17, 15) is 4.79 Å². The summed E-state index contributed by atoms with van der Waals surface area (Å²) in [5, 5.41) is 8.47. The van der Waals surface area contributed by atoms with Crippen molar-refractivity contribution in [1.82, 2.24) is 19.9 Å². The predicted molar refractivity (Wildman–Crippen MR) is 81.9 cm³/mol. The molecule has 6 heteroatoms. The van der Waals surface area contributed by atoms with Crippen LogP contribution in [0.3, 0.4) is 0 Å². The lowest BCUT2D eigenvalue weighted by Gasteiger charge is -2.31. The molecule has 1 fully saturated rings. The highest BCUT2D eigenvalue weighted by molar-refractivity contribution is 5.92. The normalized spacial score (nSPS) is 16.0. The first-order valence-corrected chi connectivity index (χ1v) is 7.66. The van der Waals surface area contributed by atoms with E-state index in [4.69, 9.17) is 4.74 Å². The monoisotopic (exact) mass is 300 g/mol. The van der Waals surface area contributed by atoms with Crippen LogP contribution in [0.2, 0.25) is 0 Å². The number of hydrogen-bond donors (Lipinski definition) is 0. The van der Waals surface area contributed by atoms with Crippen molar-refractivity contribution in [2.24, 2.45) is 0 Å². The fraction of sp³-hybridized carbons (Fsp3) is 0.438. The number of nitrogens with zero attached hydrogens (tertiary/aromatic N) is 4. The van der Waals surface area contributed by atoms with E-state index < -0.39 is 0 Å². The third-order valence-electron chi connectivity index (χ3n) is 3.83. The van der Waals surface area contributed by atoms with Crippen molar-refractivity contribution in [1.29, 1.82) is 0 Å². The number of aromatic nitrogens is 3. The van der Waals surface area contributed by atoms with E-state index in [1.807, 2.05) is 42.2 Å². The van der Waals surface area contributed by atoms with Crippen molar-refractivity contribution in [2.75, 3.05) is 19.7 Å². The van der Waals surface area contributed by atoms with Crippen LogP contribution in [-0.2, 0) is 4.74 Å². The molecule has 1 saturated heterocycles. The summed E-state index contributed by atoms with van der Waals surface area (Å²) in [6.45, 7) is 4.15. The molecule has 0 atom stereocenters. The smallest absolute Gasteiger partial charge is 0.276 e. The standard InChI is InChI=1S/C16H20N4O2/c1-2-22-14-8-10-19(11-9-14)16(21)15-12-17-20(18-15)13-6-4-3-5-7-13/h3-7,12,14H,2,8-11H2,1H3. The molecule has 0 bridgehead atoms. The van der Waals surface area contributed by atoms with E-state index in [2.05, 4.69) is 10.2 Å². The van der Waals surface area contributed by atoms with Crippen LogP contribution in [0.5, 0.6) is 0 Å². The van der Waals surface area contributed by atoms with Crippen molar-refractivity contribution >= 4 is 5.91 Å². The number of amides is 1. The molecule has 1 aliphatic heterocycles. The van der Waals surface area contributed by atoms with Crippen LogP contribution in [0.15, 0.2) is 36.5 Å². The second-order valence-electron chi connectivity index (χ2n) is 5.30. The van der Waals surface area contributed by atoms with Crippen molar-refractivity contribution in [2.45, 2.75) is 25.9 Å². The molecule has 1 aliphatic rings. The van der Waals surface area contributed by atoms with Crippen molar-refractivity contribution < 1.29 is 9.53 Å². The van der Waals surface area contributed by atoms with Gasteiger partial charge in [0.05, 0.1) is 18.0 Å². The molecule has 22 heavy (non-hydrogen) atoms. The molecule has 1 aromatic carbocycles. The second kappa shape index (κ2) is 6.70. The molecule has 0 unspecified atom stereocenters. The number of piperidine rings is 1. The average Bonchev–Trinajstić information content (AvgIpc) is 3.06. The second-order valence-corrected chi connectivity index (χ2v) is 5.30. The fourth-order valence-electron chi connectivity index (χ4n) is 2.67. The highest BCUT2D eigenvalue weighted by Crippen LogP contribution is 2.15. The van der Waals surface area contributed by atoms with Gasteiger partial charge in [0.2, 0.25) is 0 Å². The van der Waals surface area contributed by atoms with Gasteiger partial charge in [0.15, 0.2) is 5.69 Å². The van der Waals surface area contributed by atoms with Crippen molar-refractivity contribution in [3.8, 4) is 5.69 Å². The Morgan fingerprint density at radius 1 is 1.27 bits per heavy atom. The molecular formula is C16H20N4O2. The average molecular weight is 300 g/mol. The van der Waals surface area contributed by atoms with Gasteiger partial charge in [0, 0.05) is 19.7 Å². The quantitative estimate of drug-likeness (QED) is 0.865. The number of carbonyl (C=O) groups excluding carboxylic acids is 1. The molecule has 0 spiro atoms. The number of carbonyl (C=O) groups is 1. The Bertz CT molecular complexity index is 618. The number of rotatable bonds is 4. The zero-order valence-electron chi connectivity index (χ0n) is 12.7. The summed E-state index contributed by atoms with van der Waals surface area (Å²) in [5.74, 6) is -0.0582. The molecule has 1 aromatic heterocycles. The van der Waals surface area contributed by atoms with Gasteiger partial charge < -0.3 is 9.64 Å². The lowest BCUT2D eigenvalue weighted by molar-refractivity contribution is 0.0144. The van der Waals surface area contributed by atoms with Crippen LogP contribution < -0.4 is 0 Å². The summed E-state index contributed by atoms with van der Waals surface area (Å²) in [4.78, 5) is 15.8. The molecule has 1 amide bonds. The number of benzene rings is 1. The highest BCUT2D eigenvalue weighted by Gasteiger charge is 2.25. The third-order valence-corrected chi connectivity index (χ3v) is 3.83. The largest absolute Gasteiger partial charge is 0.378 e. The topological polar surface area (TPSA) is 60.2 Å². The molecule has 116 valence electrons. The number of ether oxygens (including phenoxy) is 1. The molecular weight excluding hydrogens is 280 g/mol. The Balaban J connectivity index is 1.65. The number of para-hydroxylation sites is 1. The minimum absolute atomic E-state index is 0.0582. The molecule has 0 saturated carbocycles. The molecule has 0 N–H and O–H groups in total. The van der Waals surface area contributed by atoms with Gasteiger partial charge in [0.1, 0.15) is 0 Å². The van der Waals surface area contributed by atoms with Crippen molar-refractivity contribution in [3.05, 3.63) is 42.2 Å². The van der Waals surface area contributed by atoms with E-state index in [0.29, 0.717) is 18.8 Å². The molecule has 2 aromatic rings. The van der Waals surface area contributed by atoms with Gasteiger partial charge in [-0.2, -0.15) is 9.90 Å². The van der Waals surface area contributed by atoms with E-state index in [1.54, 1.807) is 0 Å². The van der Waals surface area contributed by atoms with Crippen LogP contribution in [0, 0.1) is 0 Å². The van der Waals surface area contributed by atoms with E-state index in [-0.39, 0.29) is 12.0 Å². The van der Waals surface area contributed by atoms with Gasteiger partial charge in [-0.1, -0.05) is 18.2 Å². The van der Waals surface area contributed by atoms with Crippen LogP contribution in [0.25, 0.3) is 5.69 Å². The maximum absolute atomic E-state index is 12.5. The first-order chi connectivity index (χ1) is 10.8. The molecule has 0 aliphatic carbocycles. The van der Waals surface area contributed by atoms with Gasteiger partial charge in [-0.25, -0.2) is 0 Å². The highest BCUT2D eigenvalue weighted by atomic mass is 16.5. The molecule has 2 heterocycles. The number of likely N-dealkylation sites (tertiary alicyclic amines) is 1. The number of hydrogen-bond acceptors (Lipinski definition) is 4. The summed E-state index contributed by atoms with van der Waals surface area (Å²) in [6, 6.07) is 9.57. The molecule has 6 nitrogen and oxygen atoms in total. The van der Waals surface area contributed by atoms with E-state index in [0.717, 1.165) is 25.1 Å². The van der Waals surface area contributed by atoms with Crippen LogP contribution in [0.1, 0.15) is 30.3 Å². The van der Waals surface area contributed by atoms with Crippen LogP contribution in [-0.4, -0.2) is 51.6 Å². The Hall–Kier alpha value is -2.21. The first kappa shape index (κ1) is 14.7. The van der Waals surface area contributed by atoms with Gasteiger partial charge in [-0.05, 0) is 31.9 Å². The van der Waals surface area contributed by atoms with E-state index in [1.165, 1.54) is 11.0 Å². The Labute approximate surface area is 129 Å². The molecule has 0 radical (unpaired) electrons. The Morgan fingerprint density at radius 2 is 2.00 bits per heavy atom. The fourth-order valence-corrected chi connectivity index (χ4v) is 2.67. The lowest BCUT2D eigenvalue weighted by atomic mass is 10.1. The summed E-state index contributed by atoms with van der Waals surface area (Å²) in [7, 11) is 0.